The summed E-state index contributed by atoms with van der Waals surface area (Å²) in [5.74, 6) is -0.338. The Morgan fingerprint density at radius 1 is 1.67 bits per heavy atom. The number of nitrogens with one attached hydrogen (secondary N) is 1. The number of hydrogen-bond acceptors (Lipinski definition) is 5. The van der Waals surface area contributed by atoms with Crippen LogP contribution in [-0.2, 0) is 4.74 Å². The number of aromatic nitrogens is 1. The average molecular weight is 228 g/mol. The standard InChI is InChI=1S/C10H16N2O2S/c1-5-10(2,3)12-9-11-6-7(15-9)8(13)14-4/h6H,5H2,1-4H3,(H,11,12). The van der Waals surface area contributed by atoms with Gasteiger partial charge in [0.15, 0.2) is 5.13 Å². The average Bonchev–Trinajstić information content (AvgIpc) is 2.64. The number of nitrogens with zero attached hydrogens (tertiary/aromatic N) is 1. The van der Waals surface area contributed by atoms with Crippen molar-refractivity contribution in [3.63, 3.8) is 0 Å². The van der Waals surface area contributed by atoms with E-state index in [-0.39, 0.29) is 11.5 Å². The fourth-order valence-corrected chi connectivity index (χ4v) is 1.82. The van der Waals surface area contributed by atoms with Gasteiger partial charge in [-0.15, -0.1) is 0 Å². The second-order valence-electron chi connectivity index (χ2n) is 3.88. The number of anilines is 1. The first kappa shape index (κ1) is 12.0. The highest BCUT2D eigenvalue weighted by atomic mass is 32.1. The fourth-order valence-electron chi connectivity index (χ4n) is 0.905. The maximum absolute atomic E-state index is 11.2. The molecule has 0 aliphatic rings. The molecule has 0 saturated heterocycles. The molecule has 0 unspecified atom stereocenters. The first-order valence-corrected chi connectivity index (χ1v) is 5.62. The molecule has 0 aliphatic carbocycles. The Balaban J connectivity index is 2.73. The van der Waals surface area contributed by atoms with Gasteiger partial charge in [0, 0.05) is 5.54 Å². The summed E-state index contributed by atoms with van der Waals surface area (Å²) in [7, 11) is 1.37. The Kier molecular flexibility index (Phi) is 3.68. The van der Waals surface area contributed by atoms with Crippen molar-refractivity contribution in [2.75, 3.05) is 12.4 Å². The maximum Gasteiger partial charge on any atom is 0.349 e. The first-order chi connectivity index (χ1) is 6.98. The molecule has 0 aliphatic heterocycles. The Labute approximate surface area is 93.7 Å². The van der Waals surface area contributed by atoms with Crippen LogP contribution in [0.15, 0.2) is 6.20 Å². The van der Waals surface area contributed by atoms with Gasteiger partial charge in [-0.3, -0.25) is 0 Å². The van der Waals surface area contributed by atoms with E-state index in [2.05, 4.69) is 35.8 Å². The van der Waals surface area contributed by atoms with Crippen LogP contribution in [0.25, 0.3) is 0 Å². The van der Waals surface area contributed by atoms with Crippen LogP contribution in [0.1, 0.15) is 36.9 Å². The summed E-state index contributed by atoms with van der Waals surface area (Å²) >= 11 is 1.31. The quantitative estimate of drug-likeness (QED) is 0.805. The van der Waals surface area contributed by atoms with Gasteiger partial charge in [0.2, 0.25) is 0 Å². The summed E-state index contributed by atoms with van der Waals surface area (Å²) in [6, 6.07) is 0. The van der Waals surface area contributed by atoms with Crippen LogP contribution in [0, 0.1) is 0 Å². The lowest BCUT2D eigenvalue weighted by Crippen LogP contribution is -2.29. The second-order valence-corrected chi connectivity index (χ2v) is 4.91. The molecule has 4 nitrogen and oxygen atoms in total. The smallest absolute Gasteiger partial charge is 0.349 e. The Bertz CT molecular complexity index is 347. The van der Waals surface area contributed by atoms with Gasteiger partial charge in [-0.1, -0.05) is 18.3 Å². The molecule has 0 aromatic carbocycles. The number of rotatable bonds is 4. The zero-order valence-electron chi connectivity index (χ0n) is 9.46. The van der Waals surface area contributed by atoms with Crippen molar-refractivity contribution in [3.05, 3.63) is 11.1 Å². The third kappa shape index (κ3) is 3.20. The van der Waals surface area contributed by atoms with Crippen LogP contribution in [-0.4, -0.2) is 23.6 Å². The molecule has 1 N–H and O–H groups in total. The predicted octanol–water partition coefficient (Wildman–Crippen LogP) is 2.53. The van der Waals surface area contributed by atoms with Crippen molar-refractivity contribution in [3.8, 4) is 0 Å². The lowest BCUT2D eigenvalue weighted by atomic mass is 10.0. The van der Waals surface area contributed by atoms with Gasteiger partial charge in [-0.05, 0) is 20.3 Å². The predicted molar refractivity (Wildman–Crippen MR) is 61.4 cm³/mol. The summed E-state index contributed by atoms with van der Waals surface area (Å²) in [5, 5.41) is 4.02. The Morgan fingerprint density at radius 2 is 2.33 bits per heavy atom. The second kappa shape index (κ2) is 4.61. The lowest BCUT2D eigenvalue weighted by molar-refractivity contribution is 0.0606. The van der Waals surface area contributed by atoms with Crippen molar-refractivity contribution >= 4 is 22.4 Å². The number of carbonyl (C=O) groups is 1. The minimum atomic E-state index is -0.338. The van der Waals surface area contributed by atoms with Gasteiger partial charge < -0.3 is 10.1 Å². The van der Waals surface area contributed by atoms with E-state index >= 15 is 0 Å². The monoisotopic (exact) mass is 228 g/mol. The van der Waals surface area contributed by atoms with Crippen molar-refractivity contribution < 1.29 is 9.53 Å². The van der Waals surface area contributed by atoms with Crippen LogP contribution in [0.3, 0.4) is 0 Å². The van der Waals surface area contributed by atoms with Crippen molar-refractivity contribution in [2.24, 2.45) is 0 Å². The van der Waals surface area contributed by atoms with Gasteiger partial charge in [0.1, 0.15) is 4.88 Å². The molecule has 84 valence electrons. The Morgan fingerprint density at radius 3 is 2.87 bits per heavy atom. The zero-order valence-corrected chi connectivity index (χ0v) is 10.3. The third-order valence-electron chi connectivity index (χ3n) is 2.22. The van der Waals surface area contributed by atoms with E-state index in [0.717, 1.165) is 11.6 Å². The molecule has 15 heavy (non-hydrogen) atoms. The third-order valence-corrected chi connectivity index (χ3v) is 3.11. The molecule has 0 atom stereocenters. The molecule has 0 spiro atoms. The minimum absolute atomic E-state index is 0.00869. The van der Waals surface area contributed by atoms with Crippen molar-refractivity contribution in [1.82, 2.24) is 4.98 Å². The number of ether oxygens (including phenoxy) is 1. The molecular weight excluding hydrogens is 212 g/mol. The molecule has 0 fully saturated rings. The normalized spacial score (nSPS) is 11.2. The molecule has 5 heteroatoms. The molecule has 0 saturated carbocycles. The first-order valence-electron chi connectivity index (χ1n) is 4.81. The summed E-state index contributed by atoms with van der Waals surface area (Å²) < 4.78 is 4.61. The van der Waals surface area contributed by atoms with E-state index in [1.54, 1.807) is 0 Å². The van der Waals surface area contributed by atoms with Gasteiger partial charge in [0.05, 0.1) is 13.3 Å². The summed E-state index contributed by atoms with van der Waals surface area (Å²) in [6.07, 6.45) is 2.52. The van der Waals surface area contributed by atoms with Crippen LogP contribution in [0.4, 0.5) is 5.13 Å². The number of methoxy groups -OCH3 is 1. The van der Waals surface area contributed by atoms with Gasteiger partial charge in [-0.2, -0.15) is 0 Å². The van der Waals surface area contributed by atoms with E-state index in [4.69, 9.17) is 0 Å². The van der Waals surface area contributed by atoms with Gasteiger partial charge in [-0.25, -0.2) is 9.78 Å². The van der Waals surface area contributed by atoms with Gasteiger partial charge >= 0.3 is 5.97 Å². The maximum atomic E-state index is 11.2. The molecule has 1 heterocycles. The number of esters is 1. The number of hydrogen-bond donors (Lipinski definition) is 1. The van der Waals surface area contributed by atoms with Crippen molar-refractivity contribution in [2.45, 2.75) is 32.7 Å². The van der Waals surface area contributed by atoms with E-state index in [9.17, 15) is 4.79 Å². The highest BCUT2D eigenvalue weighted by Crippen LogP contribution is 2.23. The minimum Gasteiger partial charge on any atom is -0.465 e. The fraction of sp³-hybridized carbons (Fsp3) is 0.600. The molecule has 1 aromatic rings. The topological polar surface area (TPSA) is 51.2 Å². The lowest BCUT2D eigenvalue weighted by Gasteiger charge is -2.23. The van der Waals surface area contributed by atoms with Gasteiger partial charge in [0.25, 0.3) is 0 Å². The highest BCUT2D eigenvalue weighted by Gasteiger charge is 2.17. The highest BCUT2D eigenvalue weighted by molar-refractivity contribution is 7.17. The SMILES string of the molecule is CCC(C)(C)Nc1ncc(C(=O)OC)s1. The largest absolute Gasteiger partial charge is 0.465 e. The zero-order chi connectivity index (χ0) is 11.5. The van der Waals surface area contributed by atoms with Crippen LogP contribution in [0.5, 0.6) is 0 Å². The molecule has 0 amide bonds. The van der Waals surface area contributed by atoms with E-state index in [1.165, 1.54) is 24.6 Å². The van der Waals surface area contributed by atoms with E-state index < -0.39 is 0 Å². The van der Waals surface area contributed by atoms with E-state index in [0.29, 0.717) is 4.88 Å². The van der Waals surface area contributed by atoms with Crippen LogP contribution >= 0.6 is 11.3 Å². The number of carbonyl (C=O) groups excluding carboxylic acids is 1. The van der Waals surface area contributed by atoms with Crippen LogP contribution in [0.2, 0.25) is 0 Å². The summed E-state index contributed by atoms with van der Waals surface area (Å²) in [4.78, 5) is 15.8. The number of thiazole rings is 1. The molecule has 0 radical (unpaired) electrons. The molecular formula is C10H16N2O2S. The molecule has 0 bridgehead atoms. The summed E-state index contributed by atoms with van der Waals surface area (Å²) in [5.41, 5.74) is -0.00869. The van der Waals surface area contributed by atoms with Crippen LogP contribution < -0.4 is 5.32 Å². The van der Waals surface area contributed by atoms with Crippen molar-refractivity contribution in [1.29, 1.82) is 0 Å². The summed E-state index contributed by atoms with van der Waals surface area (Å²) in [6.45, 7) is 6.28. The van der Waals surface area contributed by atoms with E-state index in [1.807, 2.05) is 0 Å². The Hall–Kier alpha value is -1.10. The molecule has 1 rings (SSSR count). The molecule has 1 aromatic heterocycles.